The monoisotopic (exact) mass is 285 g/mol. The molecule has 0 saturated heterocycles. The minimum absolute atomic E-state index is 0.0262. The van der Waals surface area contributed by atoms with Gasteiger partial charge in [0.25, 0.3) is 0 Å². The van der Waals surface area contributed by atoms with E-state index in [0.29, 0.717) is 17.0 Å². The first-order valence-electron chi connectivity index (χ1n) is 6.73. The van der Waals surface area contributed by atoms with Gasteiger partial charge in [0.1, 0.15) is 5.82 Å². The molecule has 1 aromatic heterocycles. The molecule has 1 heterocycles. The van der Waals surface area contributed by atoms with Crippen LogP contribution in [0.3, 0.4) is 0 Å². The van der Waals surface area contributed by atoms with E-state index in [4.69, 9.17) is 5.11 Å². The largest absolute Gasteiger partial charge is 0.481 e. The standard InChI is InChI=1S/C13H23N3O2S/c1-5-6-10(4)12-14-15-13(19-8-11(17)18)16(12)7-9(2)3/h9-10H,5-8H2,1-4H3,(H,17,18). The van der Waals surface area contributed by atoms with Gasteiger partial charge in [-0.05, 0) is 12.3 Å². The molecule has 0 fully saturated rings. The number of nitrogens with zero attached hydrogens (tertiary/aromatic N) is 3. The Morgan fingerprint density at radius 1 is 1.37 bits per heavy atom. The smallest absolute Gasteiger partial charge is 0.313 e. The molecule has 0 aliphatic heterocycles. The Morgan fingerprint density at radius 2 is 2.05 bits per heavy atom. The highest BCUT2D eigenvalue weighted by molar-refractivity contribution is 7.99. The van der Waals surface area contributed by atoms with Crippen molar-refractivity contribution in [2.45, 2.75) is 58.2 Å². The number of carboxylic acids is 1. The van der Waals surface area contributed by atoms with Crippen LogP contribution in [0.2, 0.25) is 0 Å². The van der Waals surface area contributed by atoms with Gasteiger partial charge in [-0.3, -0.25) is 4.79 Å². The molecule has 5 nitrogen and oxygen atoms in total. The van der Waals surface area contributed by atoms with Gasteiger partial charge in [0, 0.05) is 12.5 Å². The Balaban J connectivity index is 2.93. The molecule has 1 rings (SSSR count). The van der Waals surface area contributed by atoms with Crippen LogP contribution in [0, 0.1) is 5.92 Å². The number of carboxylic acid groups (broad SMARTS) is 1. The number of aromatic nitrogens is 3. The van der Waals surface area contributed by atoms with E-state index >= 15 is 0 Å². The molecule has 1 N–H and O–H groups in total. The molecule has 0 bridgehead atoms. The Morgan fingerprint density at radius 3 is 2.58 bits per heavy atom. The first-order valence-corrected chi connectivity index (χ1v) is 7.71. The lowest BCUT2D eigenvalue weighted by atomic mass is 10.1. The first kappa shape index (κ1) is 16.0. The second-order valence-corrected chi connectivity index (χ2v) is 6.16. The normalized spacial score (nSPS) is 12.9. The van der Waals surface area contributed by atoms with Crippen LogP contribution < -0.4 is 0 Å². The Labute approximate surface area is 118 Å². The molecule has 1 aromatic rings. The van der Waals surface area contributed by atoms with Gasteiger partial charge in [-0.2, -0.15) is 0 Å². The Bertz CT molecular complexity index is 418. The molecule has 0 saturated carbocycles. The first-order chi connectivity index (χ1) is 8.95. The van der Waals surface area contributed by atoms with Gasteiger partial charge in [-0.1, -0.05) is 45.9 Å². The fourth-order valence-corrected chi connectivity index (χ4v) is 2.67. The third-order valence-corrected chi connectivity index (χ3v) is 3.73. The maximum Gasteiger partial charge on any atom is 0.313 e. The number of carbonyl (C=O) groups is 1. The van der Waals surface area contributed by atoms with E-state index in [1.165, 1.54) is 11.8 Å². The number of rotatable bonds is 8. The lowest BCUT2D eigenvalue weighted by Crippen LogP contribution is -2.12. The van der Waals surface area contributed by atoms with Crippen molar-refractivity contribution in [2.75, 3.05) is 5.75 Å². The highest BCUT2D eigenvalue weighted by Crippen LogP contribution is 2.25. The van der Waals surface area contributed by atoms with Gasteiger partial charge < -0.3 is 9.67 Å². The van der Waals surface area contributed by atoms with Crippen molar-refractivity contribution in [1.82, 2.24) is 14.8 Å². The molecule has 0 spiro atoms. The molecular weight excluding hydrogens is 262 g/mol. The quantitative estimate of drug-likeness (QED) is 0.744. The molecule has 0 amide bonds. The summed E-state index contributed by atoms with van der Waals surface area (Å²) in [6.07, 6.45) is 2.17. The predicted molar refractivity (Wildman–Crippen MR) is 76.5 cm³/mol. The summed E-state index contributed by atoms with van der Waals surface area (Å²) in [5.41, 5.74) is 0. The van der Waals surface area contributed by atoms with E-state index in [0.717, 1.165) is 25.2 Å². The van der Waals surface area contributed by atoms with E-state index in [1.807, 2.05) is 0 Å². The van der Waals surface area contributed by atoms with Gasteiger partial charge >= 0.3 is 5.97 Å². The molecule has 6 heteroatoms. The maximum atomic E-state index is 10.7. The van der Waals surface area contributed by atoms with E-state index in [2.05, 4.69) is 42.5 Å². The summed E-state index contributed by atoms with van der Waals surface area (Å²) in [6, 6.07) is 0. The van der Waals surface area contributed by atoms with Gasteiger partial charge in [-0.25, -0.2) is 0 Å². The van der Waals surface area contributed by atoms with Crippen molar-refractivity contribution >= 4 is 17.7 Å². The average molecular weight is 285 g/mol. The molecule has 0 radical (unpaired) electrons. The summed E-state index contributed by atoms with van der Waals surface area (Å²) >= 11 is 1.24. The lowest BCUT2D eigenvalue weighted by molar-refractivity contribution is -0.133. The Hall–Kier alpha value is -1.04. The minimum atomic E-state index is -0.827. The molecule has 0 aliphatic rings. The summed E-state index contributed by atoms with van der Waals surface area (Å²) in [7, 11) is 0. The summed E-state index contributed by atoms with van der Waals surface area (Å²) in [6.45, 7) is 9.41. The van der Waals surface area contributed by atoms with Crippen molar-refractivity contribution in [2.24, 2.45) is 5.92 Å². The topological polar surface area (TPSA) is 68.0 Å². The van der Waals surface area contributed by atoms with Gasteiger partial charge in [-0.15, -0.1) is 10.2 Å². The summed E-state index contributed by atoms with van der Waals surface area (Å²) in [5.74, 6) is 1.01. The SMILES string of the molecule is CCCC(C)c1nnc(SCC(=O)O)n1CC(C)C. The molecule has 0 aromatic carbocycles. The van der Waals surface area contributed by atoms with Crippen LogP contribution in [0.15, 0.2) is 5.16 Å². The van der Waals surface area contributed by atoms with Crippen molar-refractivity contribution in [3.05, 3.63) is 5.82 Å². The second-order valence-electron chi connectivity index (χ2n) is 5.22. The number of aliphatic carboxylic acids is 1. The van der Waals surface area contributed by atoms with Crippen molar-refractivity contribution in [3.8, 4) is 0 Å². The van der Waals surface area contributed by atoms with E-state index in [1.54, 1.807) is 0 Å². The zero-order valence-electron chi connectivity index (χ0n) is 12.1. The van der Waals surface area contributed by atoms with Gasteiger partial charge in [0.05, 0.1) is 5.75 Å². The van der Waals surface area contributed by atoms with Crippen molar-refractivity contribution in [1.29, 1.82) is 0 Å². The third-order valence-electron chi connectivity index (χ3n) is 2.78. The summed E-state index contributed by atoms with van der Waals surface area (Å²) in [4.78, 5) is 10.7. The number of hydrogen-bond donors (Lipinski definition) is 1. The van der Waals surface area contributed by atoms with Crippen molar-refractivity contribution < 1.29 is 9.90 Å². The molecule has 108 valence electrons. The van der Waals surface area contributed by atoms with E-state index in [-0.39, 0.29) is 5.75 Å². The number of hydrogen-bond acceptors (Lipinski definition) is 4. The zero-order valence-corrected chi connectivity index (χ0v) is 12.9. The third kappa shape index (κ3) is 4.86. The van der Waals surface area contributed by atoms with Crippen LogP contribution in [-0.2, 0) is 11.3 Å². The molecule has 19 heavy (non-hydrogen) atoms. The van der Waals surface area contributed by atoms with Crippen LogP contribution in [-0.4, -0.2) is 31.6 Å². The predicted octanol–water partition coefficient (Wildman–Crippen LogP) is 3.01. The molecule has 1 unspecified atom stereocenters. The average Bonchev–Trinajstić information content (AvgIpc) is 2.69. The van der Waals surface area contributed by atoms with Crippen LogP contribution >= 0.6 is 11.8 Å². The molecule has 0 aliphatic carbocycles. The highest BCUT2D eigenvalue weighted by atomic mass is 32.2. The van der Waals surface area contributed by atoms with Gasteiger partial charge in [0.15, 0.2) is 5.16 Å². The fourth-order valence-electron chi connectivity index (χ4n) is 2.00. The minimum Gasteiger partial charge on any atom is -0.481 e. The van der Waals surface area contributed by atoms with E-state index < -0.39 is 5.97 Å². The highest BCUT2D eigenvalue weighted by Gasteiger charge is 2.18. The fraction of sp³-hybridized carbons (Fsp3) is 0.769. The van der Waals surface area contributed by atoms with Crippen LogP contribution in [0.25, 0.3) is 0 Å². The summed E-state index contributed by atoms with van der Waals surface area (Å²) in [5, 5.41) is 17.9. The van der Waals surface area contributed by atoms with Crippen LogP contribution in [0.4, 0.5) is 0 Å². The van der Waals surface area contributed by atoms with Gasteiger partial charge in [0.2, 0.25) is 0 Å². The Kier molecular flexibility index (Phi) is 6.34. The second kappa shape index (κ2) is 7.53. The van der Waals surface area contributed by atoms with Crippen molar-refractivity contribution in [3.63, 3.8) is 0 Å². The van der Waals surface area contributed by atoms with Crippen LogP contribution in [0.5, 0.6) is 0 Å². The molecule has 1 atom stereocenters. The number of thioether (sulfide) groups is 1. The summed E-state index contributed by atoms with van der Waals surface area (Å²) < 4.78 is 2.08. The lowest BCUT2D eigenvalue weighted by Gasteiger charge is -2.15. The van der Waals surface area contributed by atoms with Crippen LogP contribution in [0.1, 0.15) is 52.3 Å². The van der Waals surface area contributed by atoms with E-state index in [9.17, 15) is 4.79 Å². The zero-order chi connectivity index (χ0) is 14.4. The maximum absolute atomic E-state index is 10.7. The molecular formula is C13H23N3O2S.